The zero-order valence-corrected chi connectivity index (χ0v) is 12.6. The molecule has 0 radical (unpaired) electrons. The molecule has 2 heterocycles. The highest BCUT2D eigenvalue weighted by Gasteiger charge is 2.40. The first-order valence-electron chi connectivity index (χ1n) is 6.59. The van der Waals surface area contributed by atoms with E-state index in [1.807, 2.05) is 0 Å². The molecule has 0 saturated heterocycles. The monoisotopic (exact) mass is 372 g/mol. The van der Waals surface area contributed by atoms with Gasteiger partial charge in [-0.3, -0.25) is 0 Å². The van der Waals surface area contributed by atoms with Gasteiger partial charge in [0, 0.05) is 13.1 Å². The summed E-state index contributed by atoms with van der Waals surface area (Å²) in [7, 11) is 0. The van der Waals surface area contributed by atoms with Gasteiger partial charge in [-0.15, -0.1) is 22.6 Å². The smallest absolute Gasteiger partial charge is 0.304 e. The van der Waals surface area contributed by atoms with Gasteiger partial charge in [-0.05, 0) is 17.7 Å². The van der Waals surface area contributed by atoms with Crippen LogP contribution < -0.4 is 5.32 Å². The van der Waals surface area contributed by atoms with Crippen molar-refractivity contribution >= 4 is 12.4 Å². The summed E-state index contributed by atoms with van der Waals surface area (Å²) in [6, 6.07) is 3.47. The second-order valence-electron chi connectivity index (χ2n) is 5.04. The van der Waals surface area contributed by atoms with Crippen LogP contribution >= 0.6 is 12.4 Å². The van der Waals surface area contributed by atoms with Gasteiger partial charge in [0.1, 0.15) is 0 Å². The van der Waals surface area contributed by atoms with E-state index in [9.17, 15) is 26.3 Å². The molecule has 1 N–H and O–H groups in total. The van der Waals surface area contributed by atoms with Crippen molar-refractivity contribution in [3.8, 4) is 0 Å². The highest BCUT2D eigenvalue weighted by molar-refractivity contribution is 5.85. The van der Waals surface area contributed by atoms with E-state index in [2.05, 4.69) is 15.5 Å². The van der Waals surface area contributed by atoms with Crippen LogP contribution in [0, 0.1) is 0 Å². The summed E-state index contributed by atoms with van der Waals surface area (Å²) < 4.78 is 77.2. The van der Waals surface area contributed by atoms with E-state index in [-0.39, 0.29) is 31.3 Å². The van der Waals surface area contributed by atoms with E-state index in [4.69, 9.17) is 0 Å². The van der Waals surface area contributed by atoms with E-state index >= 15 is 0 Å². The quantitative estimate of drug-likeness (QED) is 0.780. The van der Waals surface area contributed by atoms with Gasteiger partial charge in [0.25, 0.3) is 0 Å². The van der Waals surface area contributed by atoms with Crippen molar-refractivity contribution in [1.29, 1.82) is 0 Å². The molecule has 0 spiro atoms. The summed E-state index contributed by atoms with van der Waals surface area (Å²) in [6.45, 7) is 0.258. The summed E-state index contributed by atoms with van der Waals surface area (Å²) in [4.78, 5) is 0. The Morgan fingerprint density at radius 1 is 0.958 bits per heavy atom. The van der Waals surface area contributed by atoms with Gasteiger partial charge in [0.15, 0.2) is 5.82 Å². The summed E-state index contributed by atoms with van der Waals surface area (Å²) >= 11 is 0. The molecular formula is C13H11ClF6N4. The van der Waals surface area contributed by atoms with Crippen molar-refractivity contribution < 1.29 is 26.3 Å². The van der Waals surface area contributed by atoms with Gasteiger partial charge in [-0.2, -0.15) is 26.3 Å². The lowest BCUT2D eigenvalue weighted by Gasteiger charge is -2.26. The molecule has 4 nitrogen and oxygen atoms in total. The highest BCUT2D eigenvalue weighted by atomic mass is 35.5. The number of hydrogen-bond donors (Lipinski definition) is 1. The Morgan fingerprint density at radius 2 is 1.58 bits per heavy atom. The molecule has 0 saturated carbocycles. The van der Waals surface area contributed by atoms with E-state index in [1.54, 1.807) is 0 Å². The van der Waals surface area contributed by atoms with E-state index in [1.165, 1.54) is 12.1 Å². The third-order valence-electron chi connectivity index (χ3n) is 3.55. The average molecular weight is 373 g/mol. The Bertz CT molecular complexity index is 707. The lowest BCUT2D eigenvalue weighted by Crippen LogP contribution is -2.35. The maximum atomic E-state index is 12.9. The minimum atomic E-state index is -4.63. The molecule has 11 heteroatoms. The Kier molecular flexibility index (Phi) is 4.82. The van der Waals surface area contributed by atoms with Crippen LogP contribution in [0.25, 0.3) is 0 Å². The van der Waals surface area contributed by atoms with Crippen molar-refractivity contribution in [2.75, 3.05) is 6.54 Å². The number of nitrogens with zero attached hydrogens (tertiary/aromatic N) is 3. The molecule has 0 amide bonds. The lowest BCUT2D eigenvalue weighted by molar-refractivity contribution is -0.147. The maximum Gasteiger partial charge on any atom is 0.451 e. The van der Waals surface area contributed by atoms with Gasteiger partial charge in [0.05, 0.1) is 11.6 Å². The number of halogens is 7. The molecule has 3 rings (SSSR count). The third kappa shape index (κ3) is 3.34. The van der Waals surface area contributed by atoms with Crippen LogP contribution in [0.3, 0.4) is 0 Å². The molecule has 1 aliphatic heterocycles. The average Bonchev–Trinajstić information content (AvgIpc) is 2.90. The SMILES string of the molecule is Cl.FC(F)(F)c1ccc(C2NCCn3c2nnc3C(F)(F)F)cc1. The Morgan fingerprint density at radius 3 is 2.12 bits per heavy atom. The zero-order valence-electron chi connectivity index (χ0n) is 11.8. The molecule has 1 aliphatic rings. The van der Waals surface area contributed by atoms with Gasteiger partial charge in [-0.25, -0.2) is 0 Å². The van der Waals surface area contributed by atoms with Gasteiger partial charge >= 0.3 is 12.4 Å². The predicted molar refractivity (Wildman–Crippen MR) is 73.6 cm³/mol. The van der Waals surface area contributed by atoms with Crippen molar-refractivity contribution in [1.82, 2.24) is 20.1 Å². The largest absolute Gasteiger partial charge is 0.451 e. The summed E-state index contributed by atoms with van der Waals surface area (Å²) in [5.74, 6) is -1.07. The van der Waals surface area contributed by atoms with Crippen LogP contribution in [0.15, 0.2) is 24.3 Å². The second kappa shape index (κ2) is 6.25. The van der Waals surface area contributed by atoms with Crippen LogP contribution in [-0.2, 0) is 18.9 Å². The van der Waals surface area contributed by atoms with Gasteiger partial charge in [0.2, 0.25) is 5.82 Å². The first-order chi connectivity index (χ1) is 10.7. The fourth-order valence-corrected chi connectivity index (χ4v) is 2.50. The number of alkyl halides is 6. The minimum Gasteiger partial charge on any atom is -0.304 e. The molecule has 2 aromatic rings. The van der Waals surface area contributed by atoms with E-state index < -0.39 is 29.8 Å². The summed E-state index contributed by atoms with van der Waals surface area (Å²) in [5.41, 5.74) is -0.436. The van der Waals surface area contributed by atoms with Gasteiger partial charge in [-0.1, -0.05) is 12.1 Å². The molecule has 1 aromatic heterocycles. The number of rotatable bonds is 1. The van der Waals surface area contributed by atoms with E-state index in [0.29, 0.717) is 5.56 Å². The number of aromatic nitrogens is 3. The number of fused-ring (bicyclic) bond motifs is 1. The fraction of sp³-hybridized carbons (Fsp3) is 0.385. The second-order valence-corrected chi connectivity index (χ2v) is 5.04. The van der Waals surface area contributed by atoms with Gasteiger partial charge < -0.3 is 9.88 Å². The lowest BCUT2D eigenvalue weighted by atomic mass is 10.0. The number of hydrogen-bond acceptors (Lipinski definition) is 3. The molecule has 0 bridgehead atoms. The van der Waals surface area contributed by atoms with Crippen LogP contribution in [-0.4, -0.2) is 21.3 Å². The normalized spacial score (nSPS) is 18.0. The maximum absolute atomic E-state index is 12.9. The molecule has 1 aromatic carbocycles. The number of nitrogens with one attached hydrogen (secondary N) is 1. The zero-order chi connectivity index (χ0) is 16.8. The molecule has 1 unspecified atom stereocenters. The fourth-order valence-electron chi connectivity index (χ4n) is 2.50. The molecule has 0 fully saturated rings. The van der Waals surface area contributed by atoms with Crippen LogP contribution in [0.5, 0.6) is 0 Å². The highest BCUT2D eigenvalue weighted by Crippen LogP contribution is 2.34. The Balaban J connectivity index is 0.00000208. The van der Waals surface area contributed by atoms with Crippen molar-refractivity contribution in [3.05, 3.63) is 47.0 Å². The molecular weight excluding hydrogens is 362 g/mol. The first-order valence-corrected chi connectivity index (χ1v) is 6.59. The van der Waals surface area contributed by atoms with Crippen LogP contribution in [0.2, 0.25) is 0 Å². The van der Waals surface area contributed by atoms with Crippen molar-refractivity contribution in [2.24, 2.45) is 0 Å². The Hall–Kier alpha value is -1.81. The molecule has 1 atom stereocenters. The first kappa shape index (κ1) is 18.5. The van der Waals surface area contributed by atoms with Crippen molar-refractivity contribution in [3.63, 3.8) is 0 Å². The molecule has 24 heavy (non-hydrogen) atoms. The topological polar surface area (TPSA) is 42.7 Å². The summed E-state index contributed by atoms with van der Waals surface area (Å²) in [5, 5.41) is 9.67. The van der Waals surface area contributed by atoms with Crippen LogP contribution in [0.4, 0.5) is 26.3 Å². The van der Waals surface area contributed by atoms with E-state index in [0.717, 1.165) is 16.7 Å². The third-order valence-corrected chi connectivity index (χ3v) is 3.55. The predicted octanol–water partition coefficient (Wildman–Crippen LogP) is 3.43. The summed E-state index contributed by atoms with van der Waals surface area (Å²) in [6.07, 6.45) is -9.10. The minimum absolute atomic E-state index is 0. The Labute approximate surface area is 138 Å². The standard InChI is InChI=1S/C13H10F6N4.ClH/c14-12(15,16)8-3-1-7(2-4-8)9-10-21-22-11(13(17,18)19)23(10)6-5-20-9;/h1-4,9,20H,5-6H2;1H. The number of benzene rings is 1. The van der Waals surface area contributed by atoms with Crippen LogP contribution in [0.1, 0.15) is 28.8 Å². The molecule has 132 valence electrons. The van der Waals surface area contributed by atoms with Crippen molar-refractivity contribution in [2.45, 2.75) is 24.9 Å². The molecule has 0 aliphatic carbocycles.